The standard InChI is InChI=1S/C14H21N3/c1-11(2)10-17-13-7-5-4-6-12(13)16-14(17)8-9-15-3/h4-7,11,15H,8-10H2,1-3H3. The smallest absolute Gasteiger partial charge is 0.111 e. The summed E-state index contributed by atoms with van der Waals surface area (Å²) in [5.74, 6) is 1.83. The van der Waals surface area contributed by atoms with Crippen LogP contribution >= 0.6 is 0 Å². The highest BCUT2D eigenvalue weighted by atomic mass is 15.1. The summed E-state index contributed by atoms with van der Waals surface area (Å²) in [6, 6.07) is 8.39. The summed E-state index contributed by atoms with van der Waals surface area (Å²) < 4.78 is 2.36. The number of aromatic nitrogens is 2. The van der Waals surface area contributed by atoms with E-state index in [9.17, 15) is 0 Å². The number of hydrogen-bond acceptors (Lipinski definition) is 2. The number of likely N-dealkylation sites (N-methyl/N-ethyl adjacent to an activating group) is 1. The lowest BCUT2D eigenvalue weighted by Crippen LogP contribution is -2.15. The van der Waals surface area contributed by atoms with Crippen molar-refractivity contribution in [3.8, 4) is 0 Å². The Morgan fingerprint density at radius 2 is 2.06 bits per heavy atom. The zero-order valence-electron chi connectivity index (χ0n) is 10.9. The third kappa shape index (κ3) is 2.67. The molecule has 0 bridgehead atoms. The van der Waals surface area contributed by atoms with E-state index in [0.29, 0.717) is 5.92 Å². The molecule has 1 heterocycles. The number of nitrogens with one attached hydrogen (secondary N) is 1. The molecule has 3 heteroatoms. The van der Waals surface area contributed by atoms with E-state index < -0.39 is 0 Å². The first kappa shape index (κ1) is 12.1. The van der Waals surface area contributed by atoms with Gasteiger partial charge in [0.25, 0.3) is 0 Å². The van der Waals surface area contributed by atoms with Gasteiger partial charge in [-0.2, -0.15) is 0 Å². The second-order valence-electron chi connectivity index (χ2n) is 4.87. The SMILES string of the molecule is CNCCc1nc2ccccc2n1CC(C)C. The van der Waals surface area contributed by atoms with Gasteiger partial charge in [0.1, 0.15) is 5.82 Å². The maximum Gasteiger partial charge on any atom is 0.111 e. The minimum atomic E-state index is 0.640. The quantitative estimate of drug-likeness (QED) is 0.856. The molecular weight excluding hydrogens is 210 g/mol. The monoisotopic (exact) mass is 231 g/mol. The minimum absolute atomic E-state index is 0.640. The Morgan fingerprint density at radius 1 is 1.29 bits per heavy atom. The van der Waals surface area contributed by atoms with E-state index in [2.05, 4.69) is 48.0 Å². The molecular formula is C14H21N3. The van der Waals surface area contributed by atoms with Gasteiger partial charge in [-0.05, 0) is 25.1 Å². The van der Waals surface area contributed by atoms with Gasteiger partial charge in [-0.25, -0.2) is 4.98 Å². The number of imidazole rings is 1. The fraction of sp³-hybridized carbons (Fsp3) is 0.500. The van der Waals surface area contributed by atoms with Crippen LogP contribution in [0.3, 0.4) is 0 Å². The van der Waals surface area contributed by atoms with Crippen LogP contribution in [-0.2, 0) is 13.0 Å². The van der Waals surface area contributed by atoms with E-state index >= 15 is 0 Å². The predicted molar refractivity (Wildman–Crippen MR) is 72.2 cm³/mol. The van der Waals surface area contributed by atoms with Gasteiger partial charge in [-0.1, -0.05) is 26.0 Å². The largest absolute Gasteiger partial charge is 0.328 e. The van der Waals surface area contributed by atoms with E-state index in [1.165, 1.54) is 11.3 Å². The summed E-state index contributed by atoms with van der Waals surface area (Å²) in [4.78, 5) is 4.73. The lowest BCUT2D eigenvalue weighted by molar-refractivity contribution is 0.514. The van der Waals surface area contributed by atoms with Crippen LogP contribution in [0, 0.1) is 5.92 Å². The molecule has 0 unspecified atom stereocenters. The van der Waals surface area contributed by atoms with Crippen LogP contribution < -0.4 is 5.32 Å². The van der Waals surface area contributed by atoms with Gasteiger partial charge in [-0.3, -0.25) is 0 Å². The molecule has 1 aromatic carbocycles. The van der Waals surface area contributed by atoms with Gasteiger partial charge in [0.05, 0.1) is 11.0 Å². The number of para-hydroxylation sites is 2. The first-order valence-electron chi connectivity index (χ1n) is 6.31. The Kier molecular flexibility index (Phi) is 3.79. The van der Waals surface area contributed by atoms with Crippen molar-refractivity contribution in [3.05, 3.63) is 30.1 Å². The van der Waals surface area contributed by atoms with Crippen molar-refractivity contribution in [2.45, 2.75) is 26.8 Å². The molecule has 92 valence electrons. The third-order valence-electron chi connectivity index (χ3n) is 2.88. The van der Waals surface area contributed by atoms with Gasteiger partial charge in [0.2, 0.25) is 0 Å². The Hall–Kier alpha value is -1.35. The molecule has 0 atom stereocenters. The number of fused-ring (bicyclic) bond motifs is 1. The topological polar surface area (TPSA) is 29.9 Å². The summed E-state index contributed by atoms with van der Waals surface area (Å²) in [5, 5.41) is 3.19. The van der Waals surface area contributed by atoms with E-state index in [0.717, 1.165) is 25.0 Å². The number of benzene rings is 1. The Morgan fingerprint density at radius 3 is 2.76 bits per heavy atom. The molecule has 0 fully saturated rings. The molecule has 1 aromatic heterocycles. The van der Waals surface area contributed by atoms with Crippen LogP contribution in [0.4, 0.5) is 0 Å². The predicted octanol–water partition coefficient (Wildman–Crippen LogP) is 2.45. The fourth-order valence-electron chi connectivity index (χ4n) is 2.12. The van der Waals surface area contributed by atoms with Crippen LogP contribution in [0.1, 0.15) is 19.7 Å². The average Bonchev–Trinajstić information content (AvgIpc) is 2.64. The van der Waals surface area contributed by atoms with Crippen LogP contribution in [0.5, 0.6) is 0 Å². The van der Waals surface area contributed by atoms with Crippen molar-refractivity contribution in [1.29, 1.82) is 0 Å². The van der Waals surface area contributed by atoms with Gasteiger partial charge >= 0.3 is 0 Å². The van der Waals surface area contributed by atoms with Crippen molar-refractivity contribution in [1.82, 2.24) is 14.9 Å². The van der Waals surface area contributed by atoms with Crippen molar-refractivity contribution < 1.29 is 0 Å². The minimum Gasteiger partial charge on any atom is -0.328 e. The highest BCUT2D eigenvalue weighted by Gasteiger charge is 2.10. The summed E-state index contributed by atoms with van der Waals surface area (Å²) in [6.45, 7) is 6.51. The van der Waals surface area contributed by atoms with E-state index in [4.69, 9.17) is 4.98 Å². The average molecular weight is 231 g/mol. The summed E-state index contributed by atoms with van der Waals surface area (Å²) in [6.07, 6.45) is 0.984. The molecule has 0 aliphatic carbocycles. The molecule has 3 nitrogen and oxygen atoms in total. The van der Waals surface area contributed by atoms with Gasteiger partial charge < -0.3 is 9.88 Å². The first-order chi connectivity index (χ1) is 8.22. The van der Waals surface area contributed by atoms with E-state index in [1.807, 2.05) is 7.05 Å². The number of rotatable bonds is 5. The Bertz CT molecular complexity index is 485. The lowest BCUT2D eigenvalue weighted by Gasteiger charge is -2.11. The molecule has 0 radical (unpaired) electrons. The van der Waals surface area contributed by atoms with Crippen LogP contribution in [-0.4, -0.2) is 23.1 Å². The number of hydrogen-bond donors (Lipinski definition) is 1. The van der Waals surface area contributed by atoms with Crippen molar-refractivity contribution in [3.63, 3.8) is 0 Å². The second-order valence-corrected chi connectivity index (χ2v) is 4.87. The highest BCUT2D eigenvalue weighted by molar-refractivity contribution is 5.75. The van der Waals surface area contributed by atoms with Gasteiger partial charge in [0, 0.05) is 19.5 Å². The lowest BCUT2D eigenvalue weighted by atomic mass is 10.2. The summed E-state index contributed by atoms with van der Waals surface area (Å²) >= 11 is 0. The van der Waals surface area contributed by atoms with Crippen molar-refractivity contribution in [2.75, 3.05) is 13.6 Å². The molecule has 0 spiro atoms. The van der Waals surface area contributed by atoms with Crippen LogP contribution in [0.25, 0.3) is 11.0 Å². The fourth-order valence-corrected chi connectivity index (χ4v) is 2.12. The normalized spacial score (nSPS) is 11.5. The highest BCUT2D eigenvalue weighted by Crippen LogP contribution is 2.17. The maximum atomic E-state index is 4.73. The molecule has 0 aliphatic heterocycles. The number of nitrogens with zero attached hydrogens (tertiary/aromatic N) is 2. The summed E-state index contributed by atoms with van der Waals surface area (Å²) in [5.41, 5.74) is 2.37. The molecule has 0 saturated heterocycles. The Labute approximate surface area is 103 Å². The van der Waals surface area contributed by atoms with E-state index in [-0.39, 0.29) is 0 Å². The molecule has 17 heavy (non-hydrogen) atoms. The van der Waals surface area contributed by atoms with Crippen LogP contribution in [0.15, 0.2) is 24.3 Å². The van der Waals surface area contributed by atoms with Gasteiger partial charge in [0.15, 0.2) is 0 Å². The first-order valence-corrected chi connectivity index (χ1v) is 6.31. The maximum absolute atomic E-state index is 4.73. The zero-order chi connectivity index (χ0) is 12.3. The molecule has 0 amide bonds. The summed E-state index contributed by atoms with van der Waals surface area (Å²) in [7, 11) is 1.98. The zero-order valence-corrected chi connectivity index (χ0v) is 10.9. The van der Waals surface area contributed by atoms with Gasteiger partial charge in [-0.15, -0.1) is 0 Å². The van der Waals surface area contributed by atoms with Crippen molar-refractivity contribution >= 4 is 11.0 Å². The third-order valence-corrected chi connectivity index (χ3v) is 2.88. The molecule has 2 rings (SSSR count). The Balaban J connectivity index is 2.41. The molecule has 0 aliphatic rings. The second kappa shape index (κ2) is 5.32. The van der Waals surface area contributed by atoms with Crippen LogP contribution in [0.2, 0.25) is 0 Å². The van der Waals surface area contributed by atoms with Crippen molar-refractivity contribution in [2.24, 2.45) is 5.92 Å². The molecule has 1 N–H and O–H groups in total. The molecule has 2 aromatic rings. The molecule has 0 saturated carbocycles. The van der Waals surface area contributed by atoms with E-state index in [1.54, 1.807) is 0 Å².